The average molecular weight is 275 g/mol. The lowest BCUT2D eigenvalue weighted by Gasteiger charge is -2.15. The number of nitrogens with zero attached hydrogens (tertiary/aromatic N) is 4. The van der Waals surface area contributed by atoms with E-state index in [0.717, 1.165) is 23.6 Å². The van der Waals surface area contributed by atoms with Crippen molar-refractivity contribution in [1.82, 2.24) is 24.9 Å². The zero-order chi connectivity index (χ0) is 14.9. The molecular weight excluding hydrogens is 254 g/mol. The average Bonchev–Trinajstić information content (AvgIpc) is 2.95. The molecule has 1 amide bonds. The van der Waals surface area contributed by atoms with Gasteiger partial charge in [0.15, 0.2) is 0 Å². The second kappa shape index (κ2) is 5.48. The first-order valence-corrected chi connectivity index (χ1v) is 6.78. The van der Waals surface area contributed by atoms with E-state index in [4.69, 9.17) is 0 Å². The monoisotopic (exact) mass is 275 g/mol. The van der Waals surface area contributed by atoms with Crippen LogP contribution in [0.25, 0.3) is 0 Å². The number of aromatic nitrogens is 4. The number of rotatable bonds is 4. The van der Waals surface area contributed by atoms with Crippen LogP contribution in [0.1, 0.15) is 47.3 Å². The third-order valence-corrected chi connectivity index (χ3v) is 3.58. The highest BCUT2D eigenvalue weighted by atomic mass is 16.1. The number of carbonyl (C=O) groups excluding carboxylic acids is 1. The molecule has 20 heavy (non-hydrogen) atoms. The molecule has 1 N–H and O–H groups in total. The van der Waals surface area contributed by atoms with E-state index in [2.05, 4.69) is 15.5 Å². The third kappa shape index (κ3) is 2.45. The number of nitrogens with one attached hydrogen (secondary N) is 1. The highest BCUT2D eigenvalue weighted by Gasteiger charge is 2.20. The fourth-order valence-corrected chi connectivity index (χ4v) is 2.42. The Hall–Kier alpha value is -2.11. The van der Waals surface area contributed by atoms with E-state index in [1.807, 2.05) is 45.5 Å². The predicted octanol–water partition coefficient (Wildman–Crippen LogP) is 1.74. The first-order chi connectivity index (χ1) is 9.45. The van der Waals surface area contributed by atoms with Crippen LogP contribution < -0.4 is 5.32 Å². The van der Waals surface area contributed by atoms with E-state index in [1.165, 1.54) is 0 Å². The lowest BCUT2D eigenvalue weighted by molar-refractivity contribution is 0.0937. The van der Waals surface area contributed by atoms with Gasteiger partial charge >= 0.3 is 0 Å². The van der Waals surface area contributed by atoms with Crippen molar-refractivity contribution in [3.05, 3.63) is 34.9 Å². The van der Waals surface area contributed by atoms with Crippen molar-refractivity contribution in [2.45, 2.75) is 40.3 Å². The third-order valence-electron chi connectivity index (χ3n) is 3.58. The lowest BCUT2D eigenvalue weighted by Crippen LogP contribution is -2.29. The second-order valence-corrected chi connectivity index (χ2v) is 4.94. The van der Waals surface area contributed by atoms with Crippen molar-refractivity contribution in [3.63, 3.8) is 0 Å². The summed E-state index contributed by atoms with van der Waals surface area (Å²) < 4.78 is 3.61. The van der Waals surface area contributed by atoms with E-state index >= 15 is 0 Å². The Morgan fingerprint density at radius 2 is 2.15 bits per heavy atom. The molecule has 1 atom stereocenters. The van der Waals surface area contributed by atoms with Gasteiger partial charge in [-0.25, -0.2) is 0 Å². The quantitative estimate of drug-likeness (QED) is 0.924. The fourth-order valence-electron chi connectivity index (χ4n) is 2.42. The Bertz CT molecular complexity index is 626. The fraction of sp³-hybridized carbons (Fsp3) is 0.500. The molecule has 0 radical (unpaired) electrons. The summed E-state index contributed by atoms with van der Waals surface area (Å²) in [5.41, 5.74) is 3.27. The molecule has 0 aliphatic rings. The summed E-state index contributed by atoms with van der Waals surface area (Å²) in [4.78, 5) is 12.4. The van der Waals surface area contributed by atoms with Gasteiger partial charge < -0.3 is 5.32 Å². The Morgan fingerprint density at radius 1 is 1.45 bits per heavy atom. The summed E-state index contributed by atoms with van der Waals surface area (Å²) in [5.74, 6) is -0.0931. The molecule has 0 saturated heterocycles. The van der Waals surface area contributed by atoms with Crippen LogP contribution in [0.5, 0.6) is 0 Å². The Balaban J connectivity index is 2.19. The van der Waals surface area contributed by atoms with Crippen molar-refractivity contribution in [1.29, 1.82) is 0 Å². The van der Waals surface area contributed by atoms with Crippen LogP contribution >= 0.6 is 0 Å². The van der Waals surface area contributed by atoms with Crippen LogP contribution in [-0.2, 0) is 13.6 Å². The number of hydrogen-bond donors (Lipinski definition) is 1. The highest BCUT2D eigenvalue weighted by molar-refractivity contribution is 5.96. The van der Waals surface area contributed by atoms with E-state index in [0.29, 0.717) is 5.56 Å². The predicted molar refractivity (Wildman–Crippen MR) is 76.5 cm³/mol. The Kier molecular flexibility index (Phi) is 3.92. The van der Waals surface area contributed by atoms with Gasteiger partial charge in [-0.05, 0) is 33.8 Å². The molecule has 108 valence electrons. The minimum absolute atomic E-state index is 0.0931. The van der Waals surface area contributed by atoms with Crippen molar-refractivity contribution < 1.29 is 4.79 Å². The van der Waals surface area contributed by atoms with Crippen molar-refractivity contribution in [3.8, 4) is 0 Å². The van der Waals surface area contributed by atoms with Crippen molar-refractivity contribution in [2.24, 2.45) is 7.05 Å². The van der Waals surface area contributed by atoms with Gasteiger partial charge in [0.05, 0.1) is 23.0 Å². The van der Waals surface area contributed by atoms with Crippen LogP contribution in [0, 0.1) is 13.8 Å². The molecule has 0 saturated carbocycles. The SMILES string of the molecule is CCn1nccc1C(C)NC(=O)c1c(C)nn(C)c1C. The summed E-state index contributed by atoms with van der Waals surface area (Å²) in [6.07, 6.45) is 1.75. The summed E-state index contributed by atoms with van der Waals surface area (Å²) in [7, 11) is 1.84. The molecule has 1 unspecified atom stereocenters. The van der Waals surface area contributed by atoms with E-state index < -0.39 is 0 Å². The molecule has 0 aliphatic carbocycles. The molecule has 6 heteroatoms. The van der Waals surface area contributed by atoms with Gasteiger partial charge in [-0.2, -0.15) is 10.2 Å². The molecule has 0 spiro atoms. The summed E-state index contributed by atoms with van der Waals surface area (Å²) in [6.45, 7) is 8.52. The molecule has 6 nitrogen and oxygen atoms in total. The Labute approximate surface area is 118 Å². The second-order valence-electron chi connectivity index (χ2n) is 4.94. The van der Waals surface area contributed by atoms with E-state index in [1.54, 1.807) is 10.9 Å². The van der Waals surface area contributed by atoms with Gasteiger partial charge in [-0.15, -0.1) is 0 Å². The first-order valence-electron chi connectivity index (χ1n) is 6.78. The van der Waals surface area contributed by atoms with Crippen molar-refractivity contribution in [2.75, 3.05) is 0 Å². The summed E-state index contributed by atoms with van der Waals surface area (Å²) in [6, 6.07) is 1.83. The number of amides is 1. The van der Waals surface area contributed by atoms with Gasteiger partial charge in [0.1, 0.15) is 0 Å². The molecule has 2 aromatic heterocycles. The maximum absolute atomic E-state index is 12.4. The molecule has 2 rings (SSSR count). The van der Waals surface area contributed by atoms with Crippen LogP contribution in [-0.4, -0.2) is 25.5 Å². The van der Waals surface area contributed by atoms with Crippen LogP contribution in [0.4, 0.5) is 0 Å². The Morgan fingerprint density at radius 3 is 2.70 bits per heavy atom. The van der Waals surface area contributed by atoms with Gasteiger partial charge in [-0.1, -0.05) is 0 Å². The lowest BCUT2D eigenvalue weighted by atomic mass is 10.1. The zero-order valence-electron chi connectivity index (χ0n) is 12.6. The highest BCUT2D eigenvalue weighted by Crippen LogP contribution is 2.16. The maximum atomic E-state index is 12.4. The molecule has 2 aromatic rings. The molecular formula is C14H21N5O. The van der Waals surface area contributed by atoms with Gasteiger partial charge in [0.25, 0.3) is 5.91 Å². The summed E-state index contributed by atoms with van der Waals surface area (Å²) in [5, 5.41) is 11.5. The zero-order valence-corrected chi connectivity index (χ0v) is 12.6. The van der Waals surface area contributed by atoms with E-state index in [-0.39, 0.29) is 11.9 Å². The molecule has 0 aliphatic heterocycles. The van der Waals surface area contributed by atoms with Gasteiger partial charge in [-0.3, -0.25) is 14.2 Å². The standard InChI is InChI=1S/C14H21N5O/c1-6-19-12(7-8-15-19)9(2)16-14(20)13-10(3)17-18(5)11(13)4/h7-9H,6H2,1-5H3,(H,16,20). The minimum atomic E-state index is -0.0936. The first kappa shape index (κ1) is 14.3. The topological polar surface area (TPSA) is 64.7 Å². The normalized spacial score (nSPS) is 12.4. The number of carbonyl (C=O) groups is 1. The van der Waals surface area contributed by atoms with Gasteiger partial charge in [0, 0.05) is 25.5 Å². The molecule has 0 bridgehead atoms. The van der Waals surface area contributed by atoms with Gasteiger partial charge in [0.2, 0.25) is 0 Å². The van der Waals surface area contributed by atoms with E-state index in [9.17, 15) is 4.79 Å². The number of aryl methyl sites for hydroxylation is 3. The smallest absolute Gasteiger partial charge is 0.255 e. The maximum Gasteiger partial charge on any atom is 0.255 e. The molecule has 2 heterocycles. The van der Waals surface area contributed by atoms with Crippen LogP contribution in [0.2, 0.25) is 0 Å². The van der Waals surface area contributed by atoms with Crippen molar-refractivity contribution >= 4 is 5.91 Å². The van der Waals surface area contributed by atoms with Crippen LogP contribution in [0.3, 0.4) is 0 Å². The van der Waals surface area contributed by atoms with Crippen LogP contribution in [0.15, 0.2) is 12.3 Å². The summed E-state index contributed by atoms with van der Waals surface area (Å²) >= 11 is 0. The molecule has 0 aromatic carbocycles. The molecule has 0 fully saturated rings. The minimum Gasteiger partial charge on any atom is -0.344 e. The largest absolute Gasteiger partial charge is 0.344 e. The number of hydrogen-bond acceptors (Lipinski definition) is 3.